The third-order valence-corrected chi connectivity index (χ3v) is 5.62. The number of benzene rings is 3. The smallest absolute Gasteiger partial charge is 0.346 e. The van der Waals surface area contributed by atoms with Crippen molar-refractivity contribution in [1.29, 1.82) is 0 Å². The second-order valence-corrected chi connectivity index (χ2v) is 8.09. The Balaban J connectivity index is 1.48. The lowest BCUT2D eigenvalue weighted by Crippen LogP contribution is -2.40. The summed E-state index contributed by atoms with van der Waals surface area (Å²) in [7, 11) is 1.55. The van der Waals surface area contributed by atoms with Crippen LogP contribution in [0.1, 0.15) is 34.0 Å². The molecule has 0 bridgehead atoms. The SMILES string of the molecule is COc1ccc(C2(C)NC(=O)N(/N=C/c3cccc(NC(=O)c4ccc(C)cc4)c3)C2=O)cc1. The third-order valence-electron chi connectivity index (χ3n) is 5.62. The third kappa shape index (κ3) is 4.52. The van der Waals surface area contributed by atoms with Gasteiger partial charge in [0, 0.05) is 11.3 Å². The van der Waals surface area contributed by atoms with Gasteiger partial charge in [0.25, 0.3) is 11.8 Å². The second kappa shape index (κ2) is 9.19. The Morgan fingerprint density at radius 2 is 1.76 bits per heavy atom. The van der Waals surface area contributed by atoms with E-state index in [1.807, 2.05) is 19.1 Å². The van der Waals surface area contributed by atoms with E-state index >= 15 is 0 Å². The number of imide groups is 1. The predicted molar refractivity (Wildman–Crippen MR) is 129 cm³/mol. The largest absolute Gasteiger partial charge is 0.497 e. The van der Waals surface area contributed by atoms with E-state index < -0.39 is 17.5 Å². The normalized spacial score (nSPS) is 17.7. The van der Waals surface area contributed by atoms with Crippen LogP contribution in [-0.2, 0) is 10.3 Å². The van der Waals surface area contributed by atoms with Gasteiger partial charge in [-0.1, -0.05) is 42.0 Å². The van der Waals surface area contributed by atoms with Crippen LogP contribution in [-0.4, -0.2) is 36.2 Å². The van der Waals surface area contributed by atoms with Gasteiger partial charge in [0.1, 0.15) is 11.3 Å². The average Bonchev–Trinajstić information content (AvgIpc) is 3.06. The highest BCUT2D eigenvalue weighted by atomic mass is 16.5. The molecule has 4 rings (SSSR count). The molecule has 3 aromatic carbocycles. The number of nitrogens with zero attached hydrogens (tertiary/aromatic N) is 2. The molecule has 8 nitrogen and oxygen atoms in total. The number of methoxy groups -OCH3 is 1. The number of rotatable bonds is 6. The van der Waals surface area contributed by atoms with Crippen LogP contribution in [0.4, 0.5) is 10.5 Å². The highest BCUT2D eigenvalue weighted by Crippen LogP contribution is 2.30. The van der Waals surface area contributed by atoms with Gasteiger partial charge >= 0.3 is 6.03 Å². The monoisotopic (exact) mass is 456 g/mol. The standard InChI is InChI=1S/C26H24N4O4/c1-17-7-9-19(10-8-17)23(31)28-21-6-4-5-18(15-21)16-27-30-24(32)26(2,29-25(30)33)20-11-13-22(34-3)14-12-20/h4-16H,1-3H3,(H,28,31)(H,29,33)/b27-16+. The fourth-order valence-electron chi connectivity index (χ4n) is 3.58. The zero-order valence-electron chi connectivity index (χ0n) is 19.0. The van der Waals surface area contributed by atoms with Crippen molar-refractivity contribution in [3.05, 3.63) is 95.1 Å². The molecule has 1 atom stereocenters. The Hall–Kier alpha value is -4.46. The number of nitrogens with one attached hydrogen (secondary N) is 2. The highest BCUT2D eigenvalue weighted by Gasteiger charge is 2.49. The molecule has 2 N–H and O–H groups in total. The van der Waals surface area contributed by atoms with Crippen LogP contribution in [0.15, 0.2) is 77.9 Å². The van der Waals surface area contributed by atoms with Gasteiger partial charge in [-0.15, -0.1) is 5.01 Å². The molecule has 1 aliphatic rings. The Morgan fingerprint density at radius 3 is 2.44 bits per heavy atom. The Bertz CT molecular complexity index is 1270. The van der Waals surface area contributed by atoms with Gasteiger partial charge in [0.05, 0.1) is 13.3 Å². The number of ether oxygens (including phenoxy) is 1. The van der Waals surface area contributed by atoms with Crippen molar-refractivity contribution in [3.8, 4) is 5.75 Å². The summed E-state index contributed by atoms with van der Waals surface area (Å²) >= 11 is 0. The first kappa shape index (κ1) is 22.7. The number of anilines is 1. The summed E-state index contributed by atoms with van der Waals surface area (Å²) in [5.74, 6) is -0.0884. The van der Waals surface area contributed by atoms with Crippen molar-refractivity contribution in [1.82, 2.24) is 10.3 Å². The van der Waals surface area contributed by atoms with Gasteiger partial charge in [-0.3, -0.25) is 9.59 Å². The van der Waals surface area contributed by atoms with E-state index in [2.05, 4.69) is 15.7 Å². The van der Waals surface area contributed by atoms with Gasteiger partial charge < -0.3 is 15.4 Å². The number of urea groups is 1. The number of carbonyl (C=O) groups excluding carboxylic acids is 3. The quantitative estimate of drug-likeness (QED) is 0.432. The lowest BCUT2D eigenvalue weighted by molar-refractivity contribution is -0.131. The van der Waals surface area contributed by atoms with Crippen LogP contribution < -0.4 is 15.4 Å². The number of aryl methyl sites for hydroxylation is 1. The van der Waals surface area contributed by atoms with E-state index in [4.69, 9.17) is 4.74 Å². The maximum Gasteiger partial charge on any atom is 0.346 e. The van der Waals surface area contributed by atoms with Gasteiger partial charge in [-0.25, -0.2) is 4.79 Å². The summed E-state index contributed by atoms with van der Waals surface area (Å²) in [5.41, 5.74) is 2.16. The molecular weight excluding hydrogens is 432 g/mol. The second-order valence-electron chi connectivity index (χ2n) is 8.09. The molecule has 172 valence electrons. The molecule has 0 radical (unpaired) electrons. The lowest BCUT2D eigenvalue weighted by atomic mass is 9.92. The van der Waals surface area contributed by atoms with Crippen molar-refractivity contribution in [2.45, 2.75) is 19.4 Å². The van der Waals surface area contributed by atoms with Crippen molar-refractivity contribution in [3.63, 3.8) is 0 Å². The van der Waals surface area contributed by atoms with E-state index in [0.29, 0.717) is 28.1 Å². The number of hydrogen-bond acceptors (Lipinski definition) is 5. The van der Waals surface area contributed by atoms with Crippen molar-refractivity contribution in [2.24, 2.45) is 5.10 Å². The van der Waals surface area contributed by atoms with E-state index in [0.717, 1.165) is 10.6 Å². The maximum atomic E-state index is 13.0. The van der Waals surface area contributed by atoms with Crippen molar-refractivity contribution < 1.29 is 19.1 Å². The van der Waals surface area contributed by atoms with E-state index in [-0.39, 0.29) is 5.91 Å². The summed E-state index contributed by atoms with van der Waals surface area (Å²) in [6, 6.07) is 20.5. The zero-order chi connectivity index (χ0) is 24.3. The molecule has 1 fully saturated rings. The number of amides is 4. The van der Waals surface area contributed by atoms with E-state index in [1.165, 1.54) is 6.21 Å². The van der Waals surface area contributed by atoms with Crippen molar-refractivity contribution in [2.75, 3.05) is 12.4 Å². The summed E-state index contributed by atoms with van der Waals surface area (Å²) in [6.45, 7) is 3.58. The zero-order valence-corrected chi connectivity index (χ0v) is 19.0. The summed E-state index contributed by atoms with van der Waals surface area (Å²) in [6.07, 6.45) is 1.40. The first-order valence-corrected chi connectivity index (χ1v) is 10.6. The average molecular weight is 457 g/mol. The molecule has 1 heterocycles. The molecule has 1 saturated heterocycles. The molecule has 0 spiro atoms. The van der Waals surface area contributed by atoms with Crippen LogP contribution in [0, 0.1) is 6.92 Å². The fourth-order valence-corrected chi connectivity index (χ4v) is 3.58. The first-order chi connectivity index (χ1) is 16.3. The van der Waals surface area contributed by atoms with Gasteiger partial charge in [-0.2, -0.15) is 5.10 Å². The van der Waals surface area contributed by atoms with Gasteiger partial charge in [-0.05, 0) is 61.4 Å². The lowest BCUT2D eigenvalue weighted by Gasteiger charge is -2.21. The molecule has 1 aliphatic heterocycles. The minimum atomic E-state index is -1.25. The molecule has 1 unspecified atom stereocenters. The Kier molecular flexibility index (Phi) is 6.14. The summed E-state index contributed by atoms with van der Waals surface area (Å²) in [4.78, 5) is 38.0. The van der Waals surface area contributed by atoms with Crippen LogP contribution >= 0.6 is 0 Å². The Morgan fingerprint density at radius 1 is 1.06 bits per heavy atom. The van der Waals surface area contributed by atoms with Crippen LogP contribution in [0.2, 0.25) is 0 Å². The first-order valence-electron chi connectivity index (χ1n) is 10.6. The molecule has 0 aromatic heterocycles. The highest BCUT2D eigenvalue weighted by molar-refractivity contribution is 6.08. The van der Waals surface area contributed by atoms with Gasteiger partial charge in [0.2, 0.25) is 0 Å². The van der Waals surface area contributed by atoms with E-state index in [9.17, 15) is 14.4 Å². The fraction of sp³-hybridized carbons (Fsp3) is 0.154. The maximum absolute atomic E-state index is 13.0. The number of hydrazone groups is 1. The minimum Gasteiger partial charge on any atom is -0.497 e. The molecule has 0 aliphatic carbocycles. The number of carbonyl (C=O) groups is 3. The topological polar surface area (TPSA) is 100 Å². The van der Waals surface area contributed by atoms with Crippen LogP contribution in [0.3, 0.4) is 0 Å². The predicted octanol–water partition coefficient (Wildman–Crippen LogP) is 4.06. The number of hydrogen-bond donors (Lipinski definition) is 2. The molecule has 3 aromatic rings. The molecule has 0 saturated carbocycles. The molecular formula is C26H24N4O4. The van der Waals surface area contributed by atoms with Crippen molar-refractivity contribution >= 4 is 29.7 Å². The van der Waals surface area contributed by atoms with Crippen LogP contribution in [0.5, 0.6) is 5.75 Å². The minimum absolute atomic E-state index is 0.238. The molecule has 34 heavy (non-hydrogen) atoms. The summed E-state index contributed by atoms with van der Waals surface area (Å²) < 4.78 is 5.15. The Labute approximate surface area is 197 Å². The molecule has 8 heteroatoms. The van der Waals surface area contributed by atoms with Crippen LogP contribution in [0.25, 0.3) is 0 Å². The molecule has 4 amide bonds. The van der Waals surface area contributed by atoms with Gasteiger partial charge in [0.15, 0.2) is 0 Å². The summed E-state index contributed by atoms with van der Waals surface area (Å²) in [5, 5.41) is 10.5. The van der Waals surface area contributed by atoms with E-state index in [1.54, 1.807) is 74.7 Å².